The van der Waals surface area contributed by atoms with E-state index in [2.05, 4.69) is 5.32 Å². The van der Waals surface area contributed by atoms with Gasteiger partial charge in [-0.2, -0.15) is 0 Å². The molecule has 1 rings (SSSR count). The second-order valence-corrected chi connectivity index (χ2v) is 4.98. The average Bonchev–Trinajstić information content (AvgIpc) is 2.46. The number of hydrogen-bond acceptors (Lipinski definition) is 5. The molecule has 8 heteroatoms. The molecule has 7 nitrogen and oxygen atoms in total. The number of likely N-dealkylation sites (N-methyl/N-ethyl adjacent to an activating group) is 1. The van der Waals surface area contributed by atoms with E-state index in [4.69, 9.17) is 14.6 Å². The average molecular weight is 347 g/mol. The summed E-state index contributed by atoms with van der Waals surface area (Å²) in [7, 11) is 4.94. The van der Waals surface area contributed by atoms with E-state index in [-0.39, 0.29) is 31.4 Å². The molecule has 1 amide bonds. The van der Waals surface area contributed by atoms with Crippen molar-refractivity contribution in [2.24, 2.45) is 0 Å². The fraction of sp³-hybridized carbons (Fsp3) is 0.467. The first kappa shape index (κ1) is 21.0. The molecule has 130 valence electrons. The summed E-state index contributed by atoms with van der Waals surface area (Å²) in [5.74, 6) is -0.104. The van der Waals surface area contributed by atoms with Crippen molar-refractivity contribution in [3.8, 4) is 11.5 Å². The van der Waals surface area contributed by atoms with E-state index in [0.29, 0.717) is 18.0 Å². The second kappa shape index (κ2) is 9.91. The molecule has 0 saturated carbocycles. The summed E-state index contributed by atoms with van der Waals surface area (Å²) in [4.78, 5) is 23.8. The Bertz CT molecular complexity index is 551. The van der Waals surface area contributed by atoms with Crippen molar-refractivity contribution in [2.75, 3.05) is 34.4 Å². The van der Waals surface area contributed by atoms with Crippen molar-refractivity contribution < 1.29 is 24.2 Å². The van der Waals surface area contributed by atoms with Gasteiger partial charge in [0, 0.05) is 6.54 Å². The number of carbonyl (C=O) groups is 2. The van der Waals surface area contributed by atoms with Gasteiger partial charge in [-0.1, -0.05) is 0 Å². The van der Waals surface area contributed by atoms with Crippen molar-refractivity contribution in [3.63, 3.8) is 0 Å². The van der Waals surface area contributed by atoms with Gasteiger partial charge >= 0.3 is 5.97 Å². The SMILES string of the molecule is COc1cc(C)c(CN(C)CC(=O)NCC(=O)O)cc1OC.Cl. The Balaban J connectivity index is 0.00000484. The maximum atomic E-state index is 11.6. The molecule has 0 unspecified atom stereocenters. The van der Waals surface area contributed by atoms with E-state index in [1.165, 1.54) is 0 Å². The first-order valence-corrected chi connectivity index (χ1v) is 6.76. The molecule has 0 heterocycles. The van der Waals surface area contributed by atoms with E-state index in [1.807, 2.05) is 19.1 Å². The molecule has 0 fully saturated rings. The van der Waals surface area contributed by atoms with Gasteiger partial charge in [0.15, 0.2) is 11.5 Å². The Morgan fingerprint density at radius 3 is 2.30 bits per heavy atom. The van der Waals surface area contributed by atoms with Crippen molar-refractivity contribution >= 4 is 24.3 Å². The third kappa shape index (κ3) is 6.75. The van der Waals surface area contributed by atoms with Gasteiger partial charge < -0.3 is 19.9 Å². The normalized spacial score (nSPS) is 9.96. The van der Waals surface area contributed by atoms with Crippen LogP contribution in [0.1, 0.15) is 11.1 Å². The smallest absolute Gasteiger partial charge is 0.322 e. The number of halogens is 1. The number of amides is 1. The molecule has 0 saturated heterocycles. The molecule has 0 aliphatic carbocycles. The van der Waals surface area contributed by atoms with Crippen LogP contribution in [0.4, 0.5) is 0 Å². The number of nitrogens with one attached hydrogen (secondary N) is 1. The van der Waals surface area contributed by atoms with E-state index in [9.17, 15) is 9.59 Å². The third-order valence-electron chi connectivity index (χ3n) is 3.13. The van der Waals surface area contributed by atoms with Crippen molar-refractivity contribution in [3.05, 3.63) is 23.3 Å². The van der Waals surface area contributed by atoms with Gasteiger partial charge in [-0.25, -0.2) is 0 Å². The molecule has 0 radical (unpaired) electrons. The maximum Gasteiger partial charge on any atom is 0.322 e. The fourth-order valence-corrected chi connectivity index (χ4v) is 2.02. The highest BCUT2D eigenvalue weighted by Crippen LogP contribution is 2.30. The van der Waals surface area contributed by atoms with Gasteiger partial charge in [0.25, 0.3) is 0 Å². The van der Waals surface area contributed by atoms with Gasteiger partial charge in [-0.3, -0.25) is 14.5 Å². The molecule has 0 aliphatic rings. The zero-order valence-corrected chi connectivity index (χ0v) is 14.5. The van der Waals surface area contributed by atoms with E-state index >= 15 is 0 Å². The van der Waals surface area contributed by atoms with Crippen LogP contribution in [0.25, 0.3) is 0 Å². The predicted molar refractivity (Wildman–Crippen MR) is 88.5 cm³/mol. The Morgan fingerprint density at radius 2 is 1.78 bits per heavy atom. The predicted octanol–water partition coefficient (Wildman–Crippen LogP) is 1.07. The molecular formula is C15H23ClN2O5. The van der Waals surface area contributed by atoms with Crippen LogP contribution in [0.5, 0.6) is 11.5 Å². The maximum absolute atomic E-state index is 11.6. The number of nitrogens with zero attached hydrogens (tertiary/aromatic N) is 1. The van der Waals surface area contributed by atoms with Crippen molar-refractivity contribution in [2.45, 2.75) is 13.5 Å². The van der Waals surface area contributed by atoms with Gasteiger partial charge in [0.1, 0.15) is 6.54 Å². The number of aryl methyl sites for hydroxylation is 1. The Hall–Kier alpha value is -1.99. The Labute approximate surface area is 142 Å². The van der Waals surface area contributed by atoms with Crippen LogP contribution in [0.2, 0.25) is 0 Å². The van der Waals surface area contributed by atoms with Crippen LogP contribution in [-0.4, -0.2) is 56.2 Å². The standard InChI is InChI=1S/C15H22N2O5.ClH/c1-10-5-12(21-3)13(22-4)6-11(10)8-17(2)9-14(18)16-7-15(19)20;/h5-6H,7-9H2,1-4H3,(H,16,18)(H,19,20);1H. The molecule has 0 aliphatic heterocycles. The van der Waals surface area contributed by atoms with E-state index in [1.54, 1.807) is 26.2 Å². The lowest BCUT2D eigenvalue weighted by Crippen LogP contribution is -2.37. The van der Waals surface area contributed by atoms with Crippen molar-refractivity contribution in [1.82, 2.24) is 10.2 Å². The summed E-state index contributed by atoms with van der Waals surface area (Å²) in [5.41, 5.74) is 2.03. The number of rotatable bonds is 8. The number of aliphatic carboxylic acids is 1. The minimum Gasteiger partial charge on any atom is -0.493 e. The zero-order valence-electron chi connectivity index (χ0n) is 13.7. The number of carboxylic acids is 1. The lowest BCUT2D eigenvalue weighted by Gasteiger charge is -2.19. The molecule has 23 heavy (non-hydrogen) atoms. The largest absolute Gasteiger partial charge is 0.493 e. The molecule has 0 spiro atoms. The monoisotopic (exact) mass is 346 g/mol. The minimum atomic E-state index is -1.06. The highest BCUT2D eigenvalue weighted by Gasteiger charge is 2.12. The number of carboxylic acid groups (broad SMARTS) is 1. The van der Waals surface area contributed by atoms with Crippen LogP contribution in [0, 0.1) is 6.92 Å². The molecular weight excluding hydrogens is 324 g/mol. The number of ether oxygens (including phenoxy) is 2. The van der Waals surface area contributed by atoms with Crippen LogP contribution in [0.15, 0.2) is 12.1 Å². The highest BCUT2D eigenvalue weighted by atomic mass is 35.5. The van der Waals surface area contributed by atoms with E-state index < -0.39 is 5.97 Å². The molecule has 2 N–H and O–H groups in total. The van der Waals surface area contributed by atoms with Crippen LogP contribution in [0.3, 0.4) is 0 Å². The van der Waals surface area contributed by atoms with Gasteiger partial charge in [-0.05, 0) is 37.2 Å². The summed E-state index contributed by atoms with van der Waals surface area (Å²) in [6.45, 7) is 2.23. The quantitative estimate of drug-likeness (QED) is 0.732. The van der Waals surface area contributed by atoms with Gasteiger partial charge in [0.2, 0.25) is 5.91 Å². The fourth-order valence-electron chi connectivity index (χ4n) is 2.02. The lowest BCUT2D eigenvalue weighted by molar-refractivity contribution is -0.138. The molecule has 1 aromatic carbocycles. The molecule has 1 aromatic rings. The number of carbonyl (C=O) groups excluding carboxylic acids is 1. The molecule has 0 bridgehead atoms. The third-order valence-corrected chi connectivity index (χ3v) is 3.13. The number of hydrogen-bond donors (Lipinski definition) is 2. The number of methoxy groups -OCH3 is 2. The minimum absolute atomic E-state index is 0. The summed E-state index contributed by atoms with van der Waals surface area (Å²) in [6, 6.07) is 3.76. The first-order valence-electron chi connectivity index (χ1n) is 6.76. The van der Waals surface area contributed by atoms with E-state index in [0.717, 1.165) is 11.1 Å². The summed E-state index contributed by atoms with van der Waals surface area (Å²) < 4.78 is 10.5. The summed E-state index contributed by atoms with van der Waals surface area (Å²) in [6.07, 6.45) is 0. The Kier molecular flexibility index (Phi) is 9.05. The first-order chi connectivity index (χ1) is 10.4. The van der Waals surface area contributed by atoms with Crippen LogP contribution in [-0.2, 0) is 16.1 Å². The zero-order chi connectivity index (χ0) is 16.7. The molecule has 0 atom stereocenters. The second-order valence-electron chi connectivity index (χ2n) is 4.98. The van der Waals surface area contributed by atoms with Crippen LogP contribution < -0.4 is 14.8 Å². The summed E-state index contributed by atoms with van der Waals surface area (Å²) >= 11 is 0. The summed E-state index contributed by atoms with van der Waals surface area (Å²) in [5, 5.41) is 10.9. The highest BCUT2D eigenvalue weighted by molar-refractivity contribution is 5.85. The van der Waals surface area contributed by atoms with Crippen LogP contribution >= 0.6 is 12.4 Å². The Morgan fingerprint density at radius 1 is 1.22 bits per heavy atom. The van der Waals surface area contributed by atoms with Gasteiger partial charge in [-0.15, -0.1) is 12.4 Å². The lowest BCUT2D eigenvalue weighted by atomic mass is 10.1. The number of benzene rings is 1. The molecule has 0 aromatic heterocycles. The van der Waals surface area contributed by atoms with Gasteiger partial charge in [0.05, 0.1) is 20.8 Å². The van der Waals surface area contributed by atoms with Crippen molar-refractivity contribution in [1.29, 1.82) is 0 Å². The topological polar surface area (TPSA) is 88.1 Å².